The van der Waals surface area contributed by atoms with Crippen LogP contribution >= 0.6 is 15.9 Å². The average Bonchev–Trinajstić information content (AvgIpc) is 2.86. The van der Waals surface area contributed by atoms with Crippen LogP contribution in [0.2, 0.25) is 0 Å². The molecule has 34 heavy (non-hydrogen) atoms. The van der Waals surface area contributed by atoms with E-state index in [4.69, 9.17) is 4.98 Å². The minimum Gasteiger partial charge on any atom is -0.322 e. The highest BCUT2D eigenvalue weighted by Crippen LogP contribution is 2.28. The van der Waals surface area contributed by atoms with Crippen molar-refractivity contribution in [2.75, 3.05) is 5.32 Å². The van der Waals surface area contributed by atoms with Crippen LogP contribution in [0.25, 0.3) is 22.2 Å². The topological polar surface area (TPSA) is 42.0 Å². The summed E-state index contributed by atoms with van der Waals surface area (Å²) in [5.41, 5.74) is 6.66. The molecule has 0 saturated carbocycles. The van der Waals surface area contributed by atoms with Crippen LogP contribution in [0.15, 0.2) is 77.3 Å². The van der Waals surface area contributed by atoms with E-state index in [1.165, 1.54) is 36.8 Å². The predicted octanol–water partition coefficient (Wildman–Crippen LogP) is 8.60. The molecule has 0 radical (unpaired) electrons. The molecule has 4 heteroatoms. The summed E-state index contributed by atoms with van der Waals surface area (Å²) in [5.74, 6) is -0.132. The standard InChI is InChI=1S/C30H31BrN2O/c1-3-5-7-21-9-13-23(14-10-21)29-20-27(26-19-24(31)15-18-28(26)33-29)30(34)32-25-16-11-22(12-17-25)8-6-4-2/h9-20H,3-8H2,1-2H3,(H,32,34). The first-order valence-electron chi connectivity index (χ1n) is 12.2. The maximum absolute atomic E-state index is 13.4. The average molecular weight is 515 g/mol. The molecule has 0 aliphatic heterocycles. The number of aryl methyl sites for hydroxylation is 2. The number of benzene rings is 3. The van der Waals surface area contributed by atoms with Crippen molar-refractivity contribution in [2.45, 2.75) is 52.4 Å². The van der Waals surface area contributed by atoms with Gasteiger partial charge < -0.3 is 5.32 Å². The van der Waals surface area contributed by atoms with Crippen molar-refractivity contribution >= 4 is 38.4 Å². The summed E-state index contributed by atoms with van der Waals surface area (Å²) in [4.78, 5) is 18.3. The lowest BCUT2D eigenvalue weighted by Crippen LogP contribution is -2.13. The molecule has 0 atom stereocenters. The molecule has 3 nitrogen and oxygen atoms in total. The van der Waals surface area contributed by atoms with Crippen LogP contribution in [-0.4, -0.2) is 10.9 Å². The molecule has 3 aromatic carbocycles. The lowest BCUT2D eigenvalue weighted by Gasteiger charge is -2.12. The van der Waals surface area contributed by atoms with Gasteiger partial charge in [0.05, 0.1) is 16.8 Å². The number of pyridine rings is 1. The van der Waals surface area contributed by atoms with Gasteiger partial charge in [-0.1, -0.05) is 79.0 Å². The molecule has 0 unspecified atom stereocenters. The molecule has 0 aliphatic carbocycles. The van der Waals surface area contributed by atoms with Crippen LogP contribution in [0.5, 0.6) is 0 Å². The number of carbonyl (C=O) groups excluding carboxylic acids is 1. The van der Waals surface area contributed by atoms with Gasteiger partial charge in [-0.05, 0) is 73.2 Å². The fourth-order valence-corrected chi connectivity index (χ4v) is 4.45. The van der Waals surface area contributed by atoms with Crippen molar-refractivity contribution in [1.82, 2.24) is 4.98 Å². The Bertz CT molecular complexity index is 1260. The number of fused-ring (bicyclic) bond motifs is 1. The summed E-state index contributed by atoms with van der Waals surface area (Å²) in [6.45, 7) is 4.40. The number of carbonyl (C=O) groups is 1. The SMILES string of the molecule is CCCCc1ccc(NC(=O)c2cc(-c3ccc(CCCC)cc3)nc3ccc(Br)cc23)cc1. The Hall–Kier alpha value is -2.98. The smallest absolute Gasteiger partial charge is 0.256 e. The molecular formula is C30H31BrN2O. The Morgan fingerprint density at radius 1 is 0.824 bits per heavy atom. The zero-order valence-corrected chi connectivity index (χ0v) is 21.5. The summed E-state index contributed by atoms with van der Waals surface area (Å²) in [6.07, 6.45) is 6.87. The van der Waals surface area contributed by atoms with E-state index in [-0.39, 0.29) is 5.91 Å². The van der Waals surface area contributed by atoms with E-state index in [0.29, 0.717) is 5.56 Å². The second kappa shape index (κ2) is 11.4. The van der Waals surface area contributed by atoms with Gasteiger partial charge in [0.2, 0.25) is 0 Å². The number of rotatable bonds is 9. The molecule has 0 spiro atoms. The fraction of sp³-hybridized carbons (Fsp3) is 0.267. The summed E-state index contributed by atoms with van der Waals surface area (Å²) < 4.78 is 0.921. The molecule has 0 fully saturated rings. The number of anilines is 1. The predicted molar refractivity (Wildman–Crippen MR) is 146 cm³/mol. The zero-order valence-electron chi connectivity index (χ0n) is 19.9. The van der Waals surface area contributed by atoms with Crippen LogP contribution in [0, 0.1) is 0 Å². The minimum atomic E-state index is -0.132. The Balaban J connectivity index is 1.65. The first-order chi connectivity index (χ1) is 16.6. The molecule has 4 aromatic rings. The second-order valence-corrected chi connectivity index (χ2v) is 9.69. The summed E-state index contributed by atoms with van der Waals surface area (Å²) in [7, 11) is 0. The molecule has 1 N–H and O–H groups in total. The van der Waals surface area contributed by atoms with Crippen LogP contribution in [0.1, 0.15) is 61.0 Å². The Kier molecular flexibility index (Phi) is 8.12. The van der Waals surface area contributed by atoms with Crippen LogP contribution in [-0.2, 0) is 12.8 Å². The first kappa shape index (κ1) is 24.2. The lowest BCUT2D eigenvalue weighted by atomic mass is 10.0. The zero-order chi connectivity index (χ0) is 23.9. The molecule has 1 heterocycles. The van der Waals surface area contributed by atoms with Gasteiger partial charge in [-0.15, -0.1) is 0 Å². The molecule has 0 saturated heterocycles. The first-order valence-corrected chi connectivity index (χ1v) is 13.0. The lowest BCUT2D eigenvalue weighted by molar-refractivity contribution is 0.102. The number of hydrogen-bond acceptors (Lipinski definition) is 2. The maximum atomic E-state index is 13.4. The molecule has 4 rings (SSSR count). The maximum Gasteiger partial charge on any atom is 0.256 e. The van der Waals surface area contributed by atoms with Crippen LogP contribution in [0.4, 0.5) is 5.69 Å². The minimum absolute atomic E-state index is 0.132. The van der Waals surface area contributed by atoms with Crippen molar-refractivity contribution in [3.63, 3.8) is 0 Å². The molecular weight excluding hydrogens is 484 g/mol. The molecule has 174 valence electrons. The number of unbranched alkanes of at least 4 members (excludes halogenated alkanes) is 2. The summed E-state index contributed by atoms with van der Waals surface area (Å²) in [6, 6.07) is 24.5. The van der Waals surface area contributed by atoms with E-state index >= 15 is 0 Å². The van der Waals surface area contributed by atoms with Gasteiger partial charge in [-0.2, -0.15) is 0 Å². The fourth-order valence-electron chi connectivity index (χ4n) is 4.09. The molecule has 1 aromatic heterocycles. The number of amides is 1. The largest absolute Gasteiger partial charge is 0.322 e. The highest BCUT2D eigenvalue weighted by Gasteiger charge is 2.15. The summed E-state index contributed by atoms with van der Waals surface area (Å²) in [5, 5.41) is 3.91. The van der Waals surface area contributed by atoms with Crippen LogP contribution in [0.3, 0.4) is 0 Å². The number of nitrogens with one attached hydrogen (secondary N) is 1. The Morgan fingerprint density at radius 2 is 1.44 bits per heavy atom. The van der Waals surface area contributed by atoms with E-state index in [2.05, 4.69) is 71.5 Å². The van der Waals surface area contributed by atoms with Gasteiger partial charge in [0.1, 0.15) is 0 Å². The normalized spacial score (nSPS) is 11.0. The molecule has 0 bridgehead atoms. The molecule has 0 aliphatic rings. The monoisotopic (exact) mass is 514 g/mol. The third-order valence-electron chi connectivity index (χ3n) is 6.11. The van der Waals surface area contributed by atoms with E-state index in [0.717, 1.165) is 45.2 Å². The van der Waals surface area contributed by atoms with Gasteiger partial charge in [-0.25, -0.2) is 4.98 Å². The highest BCUT2D eigenvalue weighted by molar-refractivity contribution is 9.10. The van der Waals surface area contributed by atoms with Crippen molar-refractivity contribution in [1.29, 1.82) is 0 Å². The van der Waals surface area contributed by atoms with Gasteiger partial charge in [0.15, 0.2) is 0 Å². The number of aromatic nitrogens is 1. The number of nitrogens with zero attached hydrogens (tertiary/aromatic N) is 1. The van der Waals surface area contributed by atoms with Gasteiger partial charge in [0, 0.05) is 21.1 Å². The van der Waals surface area contributed by atoms with Crippen molar-refractivity contribution < 1.29 is 4.79 Å². The highest BCUT2D eigenvalue weighted by atomic mass is 79.9. The van der Waals surface area contributed by atoms with E-state index in [1.807, 2.05) is 36.4 Å². The van der Waals surface area contributed by atoms with Crippen molar-refractivity contribution in [3.05, 3.63) is 94.0 Å². The van der Waals surface area contributed by atoms with Crippen molar-refractivity contribution in [3.8, 4) is 11.3 Å². The van der Waals surface area contributed by atoms with E-state index in [9.17, 15) is 4.79 Å². The summed E-state index contributed by atoms with van der Waals surface area (Å²) >= 11 is 3.54. The second-order valence-electron chi connectivity index (χ2n) is 8.77. The number of hydrogen-bond donors (Lipinski definition) is 1. The van der Waals surface area contributed by atoms with E-state index in [1.54, 1.807) is 0 Å². The Morgan fingerprint density at radius 3 is 2.06 bits per heavy atom. The third kappa shape index (κ3) is 5.92. The van der Waals surface area contributed by atoms with Gasteiger partial charge in [-0.3, -0.25) is 4.79 Å². The van der Waals surface area contributed by atoms with E-state index < -0.39 is 0 Å². The Labute approximate surface area is 210 Å². The van der Waals surface area contributed by atoms with Gasteiger partial charge in [0.25, 0.3) is 5.91 Å². The third-order valence-corrected chi connectivity index (χ3v) is 6.61. The number of halogens is 1. The van der Waals surface area contributed by atoms with Crippen LogP contribution < -0.4 is 5.32 Å². The molecule has 1 amide bonds. The van der Waals surface area contributed by atoms with Crippen molar-refractivity contribution in [2.24, 2.45) is 0 Å². The van der Waals surface area contributed by atoms with Gasteiger partial charge >= 0.3 is 0 Å². The quantitative estimate of drug-likeness (QED) is 0.243.